The van der Waals surface area contributed by atoms with E-state index in [1.165, 1.54) is 5.56 Å². The summed E-state index contributed by atoms with van der Waals surface area (Å²) in [6, 6.07) is 4.08. The molecule has 0 radical (unpaired) electrons. The van der Waals surface area contributed by atoms with Gasteiger partial charge in [0, 0.05) is 32.5 Å². The standard InChI is InChI=1S/C15H21N5/c1-3-16-10-14-11-19-15(12-18-14)20(2)9-6-13-4-7-17-8-5-13/h4-5,7-8,11-12,16H,3,6,9-10H2,1-2H3. The van der Waals surface area contributed by atoms with Gasteiger partial charge in [-0.05, 0) is 30.7 Å². The Balaban J connectivity index is 1.87. The average Bonchev–Trinajstić information content (AvgIpc) is 2.52. The Morgan fingerprint density at radius 3 is 2.60 bits per heavy atom. The van der Waals surface area contributed by atoms with Gasteiger partial charge in [0.25, 0.3) is 0 Å². The van der Waals surface area contributed by atoms with Crippen molar-refractivity contribution in [3.05, 3.63) is 48.2 Å². The Morgan fingerprint density at radius 2 is 1.95 bits per heavy atom. The summed E-state index contributed by atoms with van der Waals surface area (Å²) in [6.45, 7) is 4.69. The number of likely N-dealkylation sites (N-methyl/N-ethyl adjacent to an activating group) is 1. The third kappa shape index (κ3) is 4.28. The molecule has 0 atom stereocenters. The molecule has 20 heavy (non-hydrogen) atoms. The maximum absolute atomic E-state index is 4.45. The summed E-state index contributed by atoms with van der Waals surface area (Å²) in [4.78, 5) is 15.0. The fourth-order valence-corrected chi connectivity index (χ4v) is 1.85. The highest BCUT2D eigenvalue weighted by atomic mass is 15.2. The van der Waals surface area contributed by atoms with Crippen molar-refractivity contribution in [2.75, 3.05) is 25.0 Å². The summed E-state index contributed by atoms with van der Waals surface area (Å²) < 4.78 is 0. The highest BCUT2D eigenvalue weighted by molar-refractivity contribution is 5.34. The van der Waals surface area contributed by atoms with Gasteiger partial charge in [-0.3, -0.25) is 9.97 Å². The van der Waals surface area contributed by atoms with Crippen LogP contribution in [0.4, 0.5) is 5.82 Å². The van der Waals surface area contributed by atoms with Crippen molar-refractivity contribution in [3.8, 4) is 0 Å². The van der Waals surface area contributed by atoms with Gasteiger partial charge in [-0.15, -0.1) is 0 Å². The maximum atomic E-state index is 4.45. The van der Waals surface area contributed by atoms with Gasteiger partial charge < -0.3 is 10.2 Å². The summed E-state index contributed by atoms with van der Waals surface area (Å²) >= 11 is 0. The van der Waals surface area contributed by atoms with E-state index in [1.54, 1.807) is 0 Å². The second kappa shape index (κ2) is 7.55. The number of rotatable bonds is 7. The number of pyridine rings is 1. The first-order valence-electron chi connectivity index (χ1n) is 6.91. The van der Waals surface area contributed by atoms with E-state index in [-0.39, 0.29) is 0 Å². The normalized spacial score (nSPS) is 10.5. The Bertz CT molecular complexity index is 497. The van der Waals surface area contributed by atoms with E-state index in [9.17, 15) is 0 Å². The zero-order valence-corrected chi connectivity index (χ0v) is 12.1. The third-order valence-corrected chi connectivity index (χ3v) is 3.12. The van der Waals surface area contributed by atoms with Crippen molar-refractivity contribution in [2.45, 2.75) is 19.9 Å². The van der Waals surface area contributed by atoms with Crippen LogP contribution in [0.2, 0.25) is 0 Å². The highest BCUT2D eigenvalue weighted by Crippen LogP contribution is 2.08. The third-order valence-electron chi connectivity index (χ3n) is 3.12. The molecule has 0 saturated heterocycles. The topological polar surface area (TPSA) is 53.9 Å². The molecule has 0 aliphatic rings. The predicted molar refractivity (Wildman–Crippen MR) is 80.6 cm³/mol. The molecule has 0 bridgehead atoms. The summed E-state index contributed by atoms with van der Waals surface area (Å²) in [5.41, 5.74) is 2.25. The molecule has 1 N–H and O–H groups in total. The molecule has 0 saturated carbocycles. The van der Waals surface area contributed by atoms with Gasteiger partial charge >= 0.3 is 0 Å². The summed E-state index contributed by atoms with van der Waals surface area (Å²) in [7, 11) is 2.04. The number of aromatic nitrogens is 3. The van der Waals surface area contributed by atoms with Gasteiger partial charge in [0.05, 0.1) is 18.1 Å². The number of hydrogen-bond donors (Lipinski definition) is 1. The lowest BCUT2D eigenvalue weighted by Gasteiger charge is -2.17. The van der Waals surface area contributed by atoms with Crippen molar-refractivity contribution in [1.82, 2.24) is 20.3 Å². The predicted octanol–water partition coefficient (Wildman–Crippen LogP) is 1.66. The highest BCUT2D eigenvalue weighted by Gasteiger charge is 2.04. The SMILES string of the molecule is CCNCc1cnc(N(C)CCc2ccncc2)cn1. The van der Waals surface area contributed by atoms with Crippen LogP contribution in [0, 0.1) is 0 Å². The second-order valence-corrected chi connectivity index (χ2v) is 4.67. The number of hydrogen-bond acceptors (Lipinski definition) is 5. The molecule has 0 spiro atoms. The van der Waals surface area contributed by atoms with Gasteiger partial charge in [-0.2, -0.15) is 0 Å². The van der Waals surface area contributed by atoms with E-state index >= 15 is 0 Å². The lowest BCUT2D eigenvalue weighted by atomic mass is 10.2. The number of anilines is 1. The molecule has 106 valence electrons. The van der Waals surface area contributed by atoms with Crippen LogP contribution >= 0.6 is 0 Å². The fourth-order valence-electron chi connectivity index (χ4n) is 1.85. The molecule has 0 aliphatic heterocycles. The second-order valence-electron chi connectivity index (χ2n) is 4.67. The molecule has 0 aliphatic carbocycles. The summed E-state index contributed by atoms with van der Waals surface area (Å²) in [5, 5.41) is 3.24. The Morgan fingerprint density at radius 1 is 1.15 bits per heavy atom. The maximum Gasteiger partial charge on any atom is 0.146 e. The molecule has 2 rings (SSSR count). The molecule has 0 unspecified atom stereocenters. The minimum absolute atomic E-state index is 0.768. The lowest BCUT2D eigenvalue weighted by molar-refractivity contribution is 0.706. The van der Waals surface area contributed by atoms with Crippen molar-refractivity contribution in [3.63, 3.8) is 0 Å². The molecular formula is C15H21N5. The largest absolute Gasteiger partial charge is 0.358 e. The summed E-state index contributed by atoms with van der Waals surface area (Å²) in [6.07, 6.45) is 8.29. The van der Waals surface area contributed by atoms with E-state index in [1.807, 2.05) is 44.0 Å². The van der Waals surface area contributed by atoms with Crippen molar-refractivity contribution in [2.24, 2.45) is 0 Å². The van der Waals surface area contributed by atoms with Crippen LogP contribution < -0.4 is 10.2 Å². The zero-order chi connectivity index (χ0) is 14.2. The van der Waals surface area contributed by atoms with E-state index in [2.05, 4.69) is 32.1 Å². The van der Waals surface area contributed by atoms with Crippen molar-refractivity contribution in [1.29, 1.82) is 0 Å². The van der Waals surface area contributed by atoms with Gasteiger partial charge in [-0.25, -0.2) is 4.98 Å². The Kier molecular flexibility index (Phi) is 5.43. The van der Waals surface area contributed by atoms with Crippen LogP contribution in [-0.2, 0) is 13.0 Å². The molecule has 5 nitrogen and oxygen atoms in total. The minimum atomic E-state index is 0.768. The van der Waals surface area contributed by atoms with E-state index in [4.69, 9.17) is 0 Å². The van der Waals surface area contributed by atoms with Gasteiger partial charge in [0.2, 0.25) is 0 Å². The fraction of sp³-hybridized carbons (Fsp3) is 0.400. The van der Waals surface area contributed by atoms with Gasteiger partial charge in [0.1, 0.15) is 5.82 Å². The van der Waals surface area contributed by atoms with Crippen molar-refractivity contribution >= 4 is 5.82 Å². The van der Waals surface area contributed by atoms with Gasteiger partial charge in [-0.1, -0.05) is 6.92 Å². The molecular weight excluding hydrogens is 250 g/mol. The summed E-state index contributed by atoms with van der Waals surface area (Å²) in [5.74, 6) is 0.902. The first kappa shape index (κ1) is 14.4. The van der Waals surface area contributed by atoms with Crippen molar-refractivity contribution < 1.29 is 0 Å². The van der Waals surface area contributed by atoms with E-state index < -0.39 is 0 Å². The average molecular weight is 271 g/mol. The molecule has 0 fully saturated rings. The monoisotopic (exact) mass is 271 g/mol. The molecule has 0 amide bonds. The Hall–Kier alpha value is -2.01. The molecule has 5 heteroatoms. The molecule has 2 aromatic rings. The van der Waals surface area contributed by atoms with Crippen LogP contribution in [-0.4, -0.2) is 35.1 Å². The first-order chi connectivity index (χ1) is 9.79. The van der Waals surface area contributed by atoms with Crippen LogP contribution in [0.5, 0.6) is 0 Å². The van der Waals surface area contributed by atoms with Crippen LogP contribution in [0.3, 0.4) is 0 Å². The van der Waals surface area contributed by atoms with Crippen LogP contribution in [0.15, 0.2) is 36.9 Å². The van der Waals surface area contributed by atoms with E-state index in [0.29, 0.717) is 0 Å². The molecule has 2 aromatic heterocycles. The van der Waals surface area contributed by atoms with Crippen LogP contribution in [0.1, 0.15) is 18.2 Å². The van der Waals surface area contributed by atoms with E-state index in [0.717, 1.165) is 37.6 Å². The quantitative estimate of drug-likeness (QED) is 0.830. The minimum Gasteiger partial charge on any atom is -0.358 e. The van der Waals surface area contributed by atoms with Gasteiger partial charge in [0.15, 0.2) is 0 Å². The molecule has 2 heterocycles. The number of nitrogens with zero attached hydrogens (tertiary/aromatic N) is 4. The number of nitrogens with one attached hydrogen (secondary N) is 1. The smallest absolute Gasteiger partial charge is 0.146 e. The first-order valence-corrected chi connectivity index (χ1v) is 6.91. The zero-order valence-electron chi connectivity index (χ0n) is 12.1. The van der Waals surface area contributed by atoms with Crippen LogP contribution in [0.25, 0.3) is 0 Å². The molecule has 0 aromatic carbocycles. The lowest BCUT2D eigenvalue weighted by Crippen LogP contribution is -2.22. The Labute approximate surface area is 120 Å².